The zero-order valence-electron chi connectivity index (χ0n) is 17.6. The van der Waals surface area contributed by atoms with Crippen molar-refractivity contribution in [3.8, 4) is 0 Å². The molecule has 3 rings (SSSR count). The van der Waals surface area contributed by atoms with Crippen LogP contribution >= 0.6 is 0 Å². The molecule has 2 amide bonds. The number of carbonyl (C=O) groups excluding carboxylic acids is 2. The van der Waals surface area contributed by atoms with E-state index in [0.29, 0.717) is 29.9 Å². The quantitative estimate of drug-likeness (QED) is 0.738. The minimum atomic E-state index is -3.36. The van der Waals surface area contributed by atoms with Gasteiger partial charge in [-0.25, -0.2) is 8.42 Å². The normalized spacial score (nSPS) is 15.8. The number of carbonyl (C=O) groups is 2. The minimum Gasteiger partial charge on any atom is -0.348 e. The van der Waals surface area contributed by atoms with Crippen molar-refractivity contribution in [3.05, 3.63) is 59.2 Å². The maximum absolute atomic E-state index is 12.6. The molecule has 0 aromatic heterocycles. The van der Waals surface area contributed by atoms with Crippen LogP contribution in [0, 0.1) is 5.92 Å². The summed E-state index contributed by atoms with van der Waals surface area (Å²) in [6.45, 7) is 5.82. The van der Waals surface area contributed by atoms with E-state index in [1.165, 1.54) is 10.6 Å². The van der Waals surface area contributed by atoms with Crippen molar-refractivity contribution in [2.45, 2.75) is 39.8 Å². The van der Waals surface area contributed by atoms with E-state index in [1.807, 2.05) is 39.0 Å². The van der Waals surface area contributed by atoms with Crippen LogP contribution in [0.2, 0.25) is 0 Å². The predicted octanol–water partition coefficient (Wildman–Crippen LogP) is 2.92. The van der Waals surface area contributed by atoms with Gasteiger partial charge < -0.3 is 10.6 Å². The molecule has 1 atom stereocenters. The van der Waals surface area contributed by atoms with E-state index in [9.17, 15) is 18.0 Å². The fraction of sp³-hybridized carbons (Fsp3) is 0.364. The van der Waals surface area contributed by atoms with Crippen molar-refractivity contribution in [3.63, 3.8) is 0 Å². The van der Waals surface area contributed by atoms with E-state index >= 15 is 0 Å². The van der Waals surface area contributed by atoms with Crippen molar-refractivity contribution < 1.29 is 18.0 Å². The van der Waals surface area contributed by atoms with E-state index in [-0.39, 0.29) is 23.8 Å². The number of rotatable bonds is 6. The van der Waals surface area contributed by atoms with Gasteiger partial charge >= 0.3 is 0 Å². The molecule has 7 nitrogen and oxygen atoms in total. The van der Waals surface area contributed by atoms with Gasteiger partial charge in [0, 0.05) is 29.8 Å². The lowest BCUT2D eigenvalue weighted by Crippen LogP contribution is -2.34. The second kappa shape index (κ2) is 8.47. The third-order valence-electron chi connectivity index (χ3n) is 5.02. The van der Waals surface area contributed by atoms with Crippen LogP contribution in [-0.4, -0.2) is 32.5 Å². The summed E-state index contributed by atoms with van der Waals surface area (Å²) in [7, 11) is -3.36. The highest BCUT2D eigenvalue weighted by atomic mass is 32.2. The van der Waals surface area contributed by atoms with E-state index in [4.69, 9.17) is 0 Å². The summed E-state index contributed by atoms with van der Waals surface area (Å²) in [5.41, 5.74) is 3.52. The van der Waals surface area contributed by atoms with Crippen LogP contribution < -0.4 is 14.9 Å². The van der Waals surface area contributed by atoms with Crippen LogP contribution in [-0.2, 0) is 27.8 Å². The van der Waals surface area contributed by atoms with Gasteiger partial charge in [0.15, 0.2) is 0 Å². The van der Waals surface area contributed by atoms with Crippen molar-refractivity contribution in [2.24, 2.45) is 5.92 Å². The molecule has 160 valence electrons. The third-order valence-corrected chi connectivity index (χ3v) is 6.30. The van der Waals surface area contributed by atoms with Gasteiger partial charge in [-0.15, -0.1) is 0 Å². The highest BCUT2D eigenvalue weighted by molar-refractivity contribution is 7.92. The van der Waals surface area contributed by atoms with Crippen molar-refractivity contribution in [1.29, 1.82) is 0 Å². The number of benzene rings is 2. The lowest BCUT2D eigenvalue weighted by molar-refractivity contribution is -0.118. The first-order valence-corrected chi connectivity index (χ1v) is 11.7. The lowest BCUT2D eigenvalue weighted by atomic mass is 10.1. The smallest absolute Gasteiger partial charge is 0.251 e. The Morgan fingerprint density at radius 2 is 1.90 bits per heavy atom. The molecular weight excluding hydrogens is 402 g/mol. The van der Waals surface area contributed by atoms with Gasteiger partial charge in [-0.1, -0.05) is 26.0 Å². The van der Waals surface area contributed by atoms with Crippen LogP contribution in [0.1, 0.15) is 42.3 Å². The molecule has 0 fully saturated rings. The number of hydrogen-bond donors (Lipinski definition) is 2. The highest BCUT2D eigenvalue weighted by Crippen LogP contribution is 2.34. The van der Waals surface area contributed by atoms with Crippen LogP contribution in [0.4, 0.5) is 11.4 Å². The molecule has 30 heavy (non-hydrogen) atoms. The zero-order chi connectivity index (χ0) is 22.1. The molecule has 1 unspecified atom stereocenters. The van der Waals surface area contributed by atoms with Gasteiger partial charge in [0.1, 0.15) is 0 Å². The van der Waals surface area contributed by atoms with Gasteiger partial charge in [-0.05, 0) is 54.8 Å². The zero-order valence-corrected chi connectivity index (χ0v) is 18.4. The molecule has 2 aromatic rings. The van der Waals surface area contributed by atoms with E-state index in [1.54, 1.807) is 24.3 Å². The van der Waals surface area contributed by atoms with E-state index < -0.39 is 10.0 Å². The van der Waals surface area contributed by atoms with E-state index in [0.717, 1.165) is 11.1 Å². The third kappa shape index (κ3) is 4.81. The Bertz CT molecular complexity index is 1080. The van der Waals surface area contributed by atoms with Gasteiger partial charge in [-0.2, -0.15) is 0 Å². The first-order valence-electron chi connectivity index (χ1n) is 9.86. The van der Waals surface area contributed by atoms with Crippen LogP contribution in [0.15, 0.2) is 42.5 Å². The molecule has 1 heterocycles. The monoisotopic (exact) mass is 429 g/mol. The summed E-state index contributed by atoms with van der Waals surface area (Å²) in [6, 6.07) is 12.3. The molecule has 0 spiro atoms. The number of nitrogens with zero attached hydrogens (tertiary/aromatic N) is 1. The van der Waals surface area contributed by atoms with Gasteiger partial charge in [0.25, 0.3) is 5.91 Å². The average molecular weight is 430 g/mol. The fourth-order valence-electron chi connectivity index (χ4n) is 3.58. The van der Waals surface area contributed by atoms with Crippen LogP contribution in [0.25, 0.3) is 0 Å². The van der Waals surface area contributed by atoms with Crippen molar-refractivity contribution in [1.82, 2.24) is 5.32 Å². The Kier molecular flexibility index (Phi) is 6.17. The van der Waals surface area contributed by atoms with Gasteiger partial charge in [0.2, 0.25) is 15.9 Å². The molecule has 2 N–H and O–H groups in total. The van der Waals surface area contributed by atoms with Crippen molar-refractivity contribution in [2.75, 3.05) is 15.9 Å². The largest absolute Gasteiger partial charge is 0.348 e. The van der Waals surface area contributed by atoms with Crippen molar-refractivity contribution >= 4 is 33.2 Å². The average Bonchev–Trinajstić information content (AvgIpc) is 3.01. The van der Waals surface area contributed by atoms with Gasteiger partial charge in [0.05, 0.1) is 11.9 Å². The number of hydrogen-bond acceptors (Lipinski definition) is 4. The summed E-state index contributed by atoms with van der Waals surface area (Å²) in [6.07, 6.45) is 1.76. The second-order valence-corrected chi connectivity index (χ2v) is 9.84. The summed E-state index contributed by atoms with van der Waals surface area (Å²) < 4.78 is 25.5. The topological polar surface area (TPSA) is 95.6 Å². The molecule has 0 saturated heterocycles. The molecule has 0 aliphatic carbocycles. The number of anilines is 2. The number of sulfonamides is 1. The molecular formula is C22H27N3O4S. The first kappa shape index (κ1) is 21.8. The maximum Gasteiger partial charge on any atom is 0.251 e. The molecule has 1 aliphatic rings. The summed E-state index contributed by atoms with van der Waals surface area (Å²) in [5, 5.41) is 5.72. The van der Waals surface area contributed by atoms with Crippen LogP contribution in [0.5, 0.6) is 0 Å². The predicted molar refractivity (Wildman–Crippen MR) is 118 cm³/mol. The summed E-state index contributed by atoms with van der Waals surface area (Å²) in [5.74, 6) is -0.416. The first-order chi connectivity index (χ1) is 14.1. The Balaban J connectivity index is 1.68. The Hall–Kier alpha value is -2.87. The number of amides is 2. The molecule has 8 heteroatoms. The number of fused-ring (bicyclic) bond motifs is 1. The molecule has 1 aliphatic heterocycles. The maximum atomic E-state index is 12.6. The summed E-state index contributed by atoms with van der Waals surface area (Å²) in [4.78, 5) is 24.5. The van der Waals surface area contributed by atoms with Crippen LogP contribution in [0.3, 0.4) is 0 Å². The summed E-state index contributed by atoms with van der Waals surface area (Å²) >= 11 is 0. The standard InChI is InChI=1S/C22H27N3O4S/c1-14(2)21(26)24-19-7-5-6-16(11-19)13-23-22(27)17-8-9-20-18(12-17)10-15(3)25(20)30(4,28)29/h5-9,11-12,14-15H,10,13H2,1-4H3,(H,23,27)(H,24,26). The molecule has 2 aromatic carbocycles. The van der Waals surface area contributed by atoms with E-state index in [2.05, 4.69) is 10.6 Å². The Morgan fingerprint density at radius 3 is 2.57 bits per heavy atom. The Morgan fingerprint density at radius 1 is 1.17 bits per heavy atom. The molecule has 0 bridgehead atoms. The highest BCUT2D eigenvalue weighted by Gasteiger charge is 2.32. The Labute approximate surface area is 177 Å². The second-order valence-electron chi connectivity index (χ2n) is 7.98. The molecule has 0 radical (unpaired) electrons. The SMILES string of the molecule is CC(C)C(=O)Nc1cccc(CNC(=O)c2ccc3c(c2)CC(C)N3S(C)(=O)=O)c1. The lowest BCUT2D eigenvalue weighted by Gasteiger charge is -2.21. The molecule has 0 saturated carbocycles. The number of nitrogens with one attached hydrogen (secondary N) is 2. The fourth-order valence-corrected chi connectivity index (χ4v) is 4.84. The minimum absolute atomic E-state index is 0.0632. The van der Waals surface area contributed by atoms with Gasteiger partial charge in [-0.3, -0.25) is 13.9 Å².